The third-order valence-electron chi connectivity index (χ3n) is 2.55. The molecule has 0 heterocycles. The molecule has 0 saturated heterocycles. The van der Waals surface area contributed by atoms with Gasteiger partial charge < -0.3 is 15.2 Å². The number of halogens is 1. The number of hydrogen-bond acceptors (Lipinski definition) is 3. The quantitative estimate of drug-likeness (QED) is 0.788. The van der Waals surface area contributed by atoms with Crippen LogP contribution in [-0.2, 0) is 0 Å². The van der Waals surface area contributed by atoms with Crippen molar-refractivity contribution in [3.05, 3.63) is 28.8 Å². The minimum absolute atomic E-state index is 0.167. The Labute approximate surface area is 108 Å². The minimum Gasteiger partial charge on any atom is -0.492 e. The van der Waals surface area contributed by atoms with Crippen molar-refractivity contribution in [1.29, 1.82) is 0 Å². The highest BCUT2D eigenvalue weighted by atomic mass is 35.5. The lowest BCUT2D eigenvalue weighted by Gasteiger charge is -2.17. The maximum absolute atomic E-state index is 8.93. The van der Waals surface area contributed by atoms with E-state index in [0.717, 1.165) is 22.9 Å². The Bertz CT molecular complexity index is 338. The smallest absolute Gasteiger partial charge is 0.119 e. The monoisotopic (exact) mass is 257 g/mol. The topological polar surface area (TPSA) is 41.5 Å². The Morgan fingerprint density at radius 2 is 2.24 bits per heavy atom. The predicted molar refractivity (Wildman–Crippen MR) is 70.9 cm³/mol. The van der Waals surface area contributed by atoms with Crippen molar-refractivity contribution in [3.63, 3.8) is 0 Å². The zero-order valence-electron chi connectivity index (χ0n) is 10.4. The van der Waals surface area contributed by atoms with Crippen LogP contribution in [0.2, 0.25) is 5.02 Å². The molecule has 0 aliphatic carbocycles. The van der Waals surface area contributed by atoms with E-state index in [1.807, 2.05) is 32.0 Å². The third kappa shape index (κ3) is 4.94. The highest BCUT2D eigenvalue weighted by Gasteiger charge is 2.07. The summed E-state index contributed by atoms with van der Waals surface area (Å²) in [6.45, 7) is 5.57. The molecular formula is C13H20ClNO2. The van der Waals surface area contributed by atoms with Gasteiger partial charge in [0.1, 0.15) is 12.4 Å². The molecule has 0 fully saturated rings. The average molecular weight is 258 g/mol. The molecule has 0 bridgehead atoms. The maximum Gasteiger partial charge on any atom is 0.119 e. The van der Waals surface area contributed by atoms with Crippen molar-refractivity contribution in [2.75, 3.05) is 19.8 Å². The SMILES string of the molecule is CCNC(CCO)COc1ccc(Cl)c(C)c1. The van der Waals surface area contributed by atoms with Crippen molar-refractivity contribution in [1.82, 2.24) is 5.32 Å². The Hall–Kier alpha value is -0.770. The molecule has 2 N–H and O–H groups in total. The van der Waals surface area contributed by atoms with E-state index in [0.29, 0.717) is 13.0 Å². The van der Waals surface area contributed by atoms with Crippen LogP contribution < -0.4 is 10.1 Å². The Balaban J connectivity index is 2.49. The van der Waals surface area contributed by atoms with E-state index in [2.05, 4.69) is 5.32 Å². The first-order valence-electron chi connectivity index (χ1n) is 5.90. The molecule has 1 unspecified atom stereocenters. The molecule has 1 atom stereocenters. The summed E-state index contributed by atoms with van der Waals surface area (Å²) in [4.78, 5) is 0. The van der Waals surface area contributed by atoms with Gasteiger partial charge in [-0.15, -0.1) is 0 Å². The lowest BCUT2D eigenvalue weighted by Crippen LogP contribution is -2.35. The molecule has 0 spiro atoms. The molecule has 17 heavy (non-hydrogen) atoms. The molecule has 0 aromatic heterocycles. The fourth-order valence-electron chi connectivity index (χ4n) is 1.59. The molecule has 0 radical (unpaired) electrons. The molecule has 3 nitrogen and oxygen atoms in total. The van der Waals surface area contributed by atoms with Crippen LogP contribution in [0.5, 0.6) is 5.75 Å². The van der Waals surface area contributed by atoms with Gasteiger partial charge in [0, 0.05) is 17.7 Å². The number of rotatable bonds is 7. The van der Waals surface area contributed by atoms with Crippen LogP contribution in [0.25, 0.3) is 0 Å². The number of hydrogen-bond donors (Lipinski definition) is 2. The lowest BCUT2D eigenvalue weighted by atomic mass is 10.2. The largest absolute Gasteiger partial charge is 0.492 e. The van der Waals surface area contributed by atoms with Crippen molar-refractivity contribution >= 4 is 11.6 Å². The van der Waals surface area contributed by atoms with Gasteiger partial charge in [0.25, 0.3) is 0 Å². The van der Waals surface area contributed by atoms with Crippen LogP contribution in [0.1, 0.15) is 18.9 Å². The number of aliphatic hydroxyl groups is 1. The van der Waals surface area contributed by atoms with Crippen LogP contribution in [0.15, 0.2) is 18.2 Å². The van der Waals surface area contributed by atoms with Gasteiger partial charge >= 0.3 is 0 Å². The molecular weight excluding hydrogens is 238 g/mol. The summed E-state index contributed by atoms with van der Waals surface area (Å²) in [5, 5.41) is 12.9. The van der Waals surface area contributed by atoms with E-state index >= 15 is 0 Å². The molecule has 4 heteroatoms. The molecule has 1 aromatic carbocycles. The Kier molecular flexibility index (Phi) is 6.34. The van der Waals surface area contributed by atoms with Crippen LogP contribution in [0.4, 0.5) is 0 Å². The van der Waals surface area contributed by atoms with Crippen molar-refractivity contribution in [2.45, 2.75) is 26.3 Å². The van der Waals surface area contributed by atoms with Crippen LogP contribution in [0, 0.1) is 6.92 Å². The predicted octanol–water partition coefficient (Wildman–Crippen LogP) is 2.39. The normalized spacial score (nSPS) is 12.5. The minimum atomic E-state index is 0.167. The summed E-state index contributed by atoms with van der Waals surface area (Å²) in [5.74, 6) is 0.813. The van der Waals surface area contributed by atoms with E-state index in [-0.39, 0.29) is 12.6 Å². The van der Waals surface area contributed by atoms with Crippen molar-refractivity contribution < 1.29 is 9.84 Å². The Morgan fingerprint density at radius 3 is 2.82 bits per heavy atom. The summed E-state index contributed by atoms with van der Waals surface area (Å²) >= 11 is 5.94. The summed E-state index contributed by atoms with van der Waals surface area (Å²) in [7, 11) is 0. The first kappa shape index (κ1) is 14.3. The first-order chi connectivity index (χ1) is 8.17. The second-order valence-electron chi connectivity index (χ2n) is 3.99. The van der Waals surface area contributed by atoms with E-state index in [1.165, 1.54) is 0 Å². The summed E-state index contributed by atoms with van der Waals surface area (Å²) in [5.41, 5.74) is 1.01. The van der Waals surface area contributed by atoms with Gasteiger partial charge in [0.05, 0.1) is 0 Å². The number of ether oxygens (including phenoxy) is 1. The van der Waals surface area contributed by atoms with E-state index in [1.54, 1.807) is 0 Å². The number of benzene rings is 1. The second kappa shape index (κ2) is 7.54. The summed E-state index contributed by atoms with van der Waals surface area (Å²) < 4.78 is 5.68. The van der Waals surface area contributed by atoms with Crippen molar-refractivity contribution in [3.8, 4) is 5.75 Å². The zero-order valence-corrected chi connectivity index (χ0v) is 11.1. The van der Waals surface area contributed by atoms with Gasteiger partial charge in [-0.25, -0.2) is 0 Å². The van der Waals surface area contributed by atoms with Crippen LogP contribution in [0.3, 0.4) is 0 Å². The molecule has 96 valence electrons. The van der Waals surface area contributed by atoms with Crippen LogP contribution >= 0.6 is 11.6 Å². The second-order valence-corrected chi connectivity index (χ2v) is 4.40. The fraction of sp³-hybridized carbons (Fsp3) is 0.538. The van der Waals surface area contributed by atoms with Crippen LogP contribution in [-0.4, -0.2) is 30.9 Å². The highest BCUT2D eigenvalue weighted by Crippen LogP contribution is 2.21. The fourth-order valence-corrected chi connectivity index (χ4v) is 1.71. The van der Waals surface area contributed by atoms with E-state index < -0.39 is 0 Å². The number of aliphatic hydroxyl groups excluding tert-OH is 1. The molecule has 0 amide bonds. The molecule has 1 rings (SSSR count). The van der Waals surface area contributed by atoms with Gasteiger partial charge in [0.15, 0.2) is 0 Å². The van der Waals surface area contributed by atoms with Gasteiger partial charge in [-0.3, -0.25) is 0 Å². The van der Waals surface area contributed by atoms with Gasteiger partial charge in [-0.05, 0) is 43.7 Å². The summed E-state index contributed by atoms with van der Waals surface area (Å²) in [6.07, 6.45) is 0.695. The van der Waals surface area contributed by atoms with Crippen molar-refractivity contribution in [2.24, 2.45) is 0 Å². The first-order valence-corrected chi connectivity index (χ1v) is 6.28. The zero-order chi connectivity index (χ0) is 12.7. The standard InChI is InChI=1S/C13H20ClNO2/c1-3-15-11(6-7-16)9-17-12-4-5-13(14)10(2)8-12/h4-5,8,11,15-16H,3,6-7,9H2,1-2H3. The number of aryl methyl sites for hydroxylation is 1. The van der Waals surface area contributed by atoms with Gasteiger partial charge in [-0.2, -0.15) is 0 Å². The lowest BCUT2D eigenvalue weighted by molar-refractivity contribution is 0.215. The van der Waals surface area contributed by atoms with E-state index in [9.17, 15) is 0 Å². The number of likely N-dealkylation sites (N-methyl/N-ethyl adjacent to an activating group) is 1. The van der Waals surface area contributed by atoms with E-state index in [4.69, 9.17) is 21.4 Å². The average Bonchev–Trinajstić information content (AvgIpc) is 2.31. The van der Waals surface area contributed by atoms with Gasteiger partial charge in [-0.1, -0.05) is 18.5 Å². The maximum atomic E-state index is 8.93. The number of nitrogens with one attached hydrogen (secondary N) is 1. The molecule has 1 aromatic rings. The highest BCUT2D eigenvalue weighted by molar-refractivity contribution is 6.31. The molecule has 0 aliphatic heterocycles. The third-order valence-corrected chi connectivity index (χ3v) is 2.98. The molecule has 0 saturated carbocycles. The Morgan fingerprint density at radius 1 is 1.47 bits per heavy atom. The molecule has 0 aliphatic rings. The summed E-state index contributed by atoms with van der Waals surface area (Å²) in [6, 6.07) is 5.79. The van der Waals surface area contributed by atoms with Gasteiger partial charge in [0.2, 0.25) is 0 Å².